The number of fused-ring (bicyclic) bond motifs is 1. The summed E-state index contributed by atoms with van der Waals surface area (Å²) in [6, 6.07) is 3.92. The first-order chi connectivity index (χ1) is 21.3. The van der Waals surface area contributed by atoms with Crippen molar-refractivity contribution in [2.24, 2.45) is 0 Å². The van der Waals surface area contributed by atoms with Crippen molar-refractivity contribution in [3.8, 4) is 45.8 Å². The van der Waals surface area contributed by atoms with Gasteiger partial charge in [-0.15, -0.1) is 0 Å². The number of phenolic OH excluding ortho intramolecular Hbond substituents is 4. The van der Waals surface area contributed by atoms with E-state index in [1.165, 1.54) is 14.0 Å². The average molecular weight is 641 g/mol. The predicted octanol–water partition coefficient (Wildman–Crippen LogP) is -1.68. The molecular formula is C28H32O17. The van der Waals surface area contributed by atoms with E-state index < -0.39 is 113 Å². The van der Waals surface area contributed by atoms with Gasteiger partial charge in [0, 0.05) is 17.7 Å². The van der Waals surface area contributed by atoms with Crippen LogP contribution in [0.3, 0.4) is 0 Å². The van der Waals surface area contributed by atoms with E-state index in [-0.39, 0.29) is 16.9 Å². The number of aliphatic hydroxyl groups excluding tert-OH is 6. The highest BCUT2D eigenvalue weighted by Crippen LogP contribution is 2.44. The number of benzene rings is 2. The third kappa shape index (κ3) is 5.81. The van der Waals surface area contributed by atoms with Crippen LogP contribution in [0.25, 0.3) is 22.3 Å². The summed E-state index contributed by atoms with van der Waals surface area (Å²) in [5.74, 6) is -3.95. The van der Waals surface area contributed by atoms with Gasteiger partial charge >= 0.3 is 0 Å². The van der Waals surface area contributed by atoms with Crippen LogP contribution in [-0.2, 0) is 14.2 Å². The van der Waals surface area contributed by atoms with Crippen molar-refractivity contribution >= 4 is 11.0 Å². The molecule has 0 saturated carbocycles. The maximum atomic E-state index is 13.8. The van der Waals surface area contributed by atoms with E-state index in [9.17, 15) is 55.9 Å². The number of ether oxygens (including phenoxy) is 5. The van der Waals surface area contributed by atoms with Gasteiger partial charge in [-0.1, -0.05) is 0 Å². The number of hydrogen-bond acceptors (Lipinski definition) is 17. The van der Waals surface area contributed by atoms with Gasteiger partial charge in [-0.05, 0) is 19.1 Å². The summed E-state index contributed by atoms with van der Waals surface area (Å²) < 4.78 is 33.3. The molecule has 17 nitrogen and oxygen atoms in total. The zero-order chi connectivity index (χ0) is 32.9. The Bertz CT molecular complexity index is 1580. The minimum atomic E-state index is -1.92. The third-order valence-electron chi connectivity index (χ3n) is 7.60. The molecule has 2 fully saturated rings. The van der Waals surface area contributed by atoms with Crippen LogP contribution in [0.4, 0.5) is 0 Å². The van der Waals surface area contributed by atoms with Crippen LogP contribution in [0, 0.1) is 0 Å². The number of methoxy groups -OCH3 is 1. The molecule has 2 saturated heterocycles. The van der Waals surface area contributed by atoms with Crippen molar-refractivity contribution < 1.29 is 79.2 Å². The number of hydrogen-bond donors (Lipinski definition) is 10. The van der Waals surface area contributed by atoms with Crippen LogP contribution in [0.1, 0.15) is 6.92 Å². The zero-order valence-electron chi connectivity index (χ0n) is 23.6. The van der Waals surface area contributed by atoms with Crippen LogP contribution in [0.2, 0.25) is 0 Å². The second-order valence-corrected chi connectivity index (χ2v) is 10.6. The molecule has 2 aliphatic heterocycles. The quantitative estimate of drug-likeness (QED) is 0.138. The molecule has 0 radical (unpaired) electrons. The monoisotopic (exact) mass is 640 g/mol. The Morgan fingerprint density at radius 3 is 2.07 bits per heavy atom. The molecule has 0 bridgehead atoms. The first kappa shape index (κ1) is 32.5. The standard InChI is InChI=1S/C28H32O17/c1-8-22(20(37)21(38)27(39)41-8)44-26-19(36)17(34)15(7-29)43-28(26)45-25-18(35)16-11(31)5-10(30)6-14(16)42-23(25)9-3-12(32)24(40-2)13(33)4-9/h3-6,8,15,17,19-22,26-34,36-39H,7H2,1-2H3. The van der Waals surface area contributed by atoms with Gasteiger partial charge < -0.3 is 79.2 Å². The highest BCUT2D eigenvalue weighted by atomic mass is 16.7. The lowest BCUT2D eigenvalue weighted by molar-refractivity contribution is -0.334. The lowest BCUT2D eigenvalue weighted by Crippen LogP contribution is -2.65. The van der Waals surface area contributed by atoms with E-state index >= 15 is 0 Å². The highest BCUT2D eigenvalue weighted by molar-refractivity contribution is 5.88. The summed E-state index contributed by atoms with van der Waals surface area (Å²) in [5.41, 5.74) is -1.61. The topological polar surface area (TPSA) is 279 Å². The molecule has 2 aromatic carbocycles. The normalized spacial score (nSPS) is 32.0. The molecule has 1 aromatic heterocycles. The van der Waals surface area contributed by atoms with Crippen LogP contribution in [-0.4, -0.2) is 126 Å². The minimum Gasteiger partial charge on any atom is -0.508 e. The third-order valence-corrected chi connectivity index (χ3v) is 7.60. The first-order valence-corrected chi connectivity index (χ1v) is 13.5. The van der Waals surface area contributed by atoms with Gasteiger partial charge in [0.05, 0.1) is 19.8 Å². The SMILES string of the molecule is COc1c(O)cc(-c2oc3cc(O)cc(O)c3c(=O)c2OC2OC(CO)C(O)C(O)C2OC2C(C)OC(O)C(O)C2O)cc1O. The Labute approximate surface area is 252 Å². The Kier molecular flexibility index (Phi) is 9.00. The fraction of sp³-hybridized carbons (Fsp3) is 0.464. The molecule has 3 heterocycles. The van der Waals surface area contributed by atoms with Crippen molar-refractivity contribution in [3.05, 3.63) is 34.5 Å². The Morgan fingerprint density at radius 1 is 0.800 bits per heavy atom. The van der Waals surface area contributed by atoms with E-state index in [2.05, 4.69) is 0 Å². The van der Waals surface area contributed by atoms with E-state index in [0.717, 1.165) is 24.3 Å². The van der Waals surface area contributed by atoms with Crippen molar-refractivity contribution in [1.29, 1.82) is 0 Å². The summed E-state index contributed by atoms with van der Waals surface area (Å²) >= 11 is 0. The van der Waals surface area contributed by atoms with Gasteiger partial charge in [0.25, 0.3) is 0 Å². The van der Waals surface area contributed by atoms with Crippen molar-refractivity contribution in [2.75, 3.05) is 13.7 Å². The molecule has 17 heteroatoms. The maximum Gasteiger partial charge on any atom is 0.239 e. The fourth-order valence-corrected chi connectivity index (χ4v) is 5.31. The van der Waals surface area contributed by atoms with Gasteiger partial charge in [0.1, 0.15) is 65.2 Å². The number of aromatic hydroxyl groups is 4. The predicted molar refractivity (Wildman–Crippen MR) is 147 cm³/mol. The van der Waals surface area contributed by atoms with Gasteiger partial charge in [0.2, 0.25) is 23.2 Å². The first-order valence-electron chi connectivity index (χ1n) is 13.5. The minimum absolute atomic E-state index is 0.183. The van der Waals surface area contributed by atoms with E-state index in [4.69, 9.17) is 28.1 Å². The van der Waals surface area contributed by atoms with Crippen LogP contribution in [0.5, 0.6) is 34.5 Å². The molecular weight excluding hydrogens is 608 g/mol. The van der Waals surface area contributed by atoms with Gasteiger partial charge in [-0.2, -0.15) is 0 Å². The van der Waals surface area contributed by atoms with Crippen LogP contribution < -0.4 is 14.9 Å². The molecule has 0 aliphatic carbocycles. The molecule has 10 N–H and O–H groups in total. The van der Waals surface area contributed by atoms with Crippen LogP contribution in [0.15, 0.2) is 33.5 Å². The summed E-state index contributed by atoms with van der Waals surface area (Å²) in [5, 5.41) is 103. The number of phenols is 4. The van der Waals surface area contributed by atoms with Crippen molar-refractivity contribution in [3.63, 3.8) is 0 Å². The molecule has 10 unspecified atom stereocenters. The summed E-state index contributed by atoms with van der Waals surface area (Å²) in [6.45, 7) is 0.527. The Morgan fingerprint density at radius 2 is 1.44 bits per heavy atom. The zero-order valence-corrected chi connectivity index (χ0v) is 23.6. The molecule has 45 heavy (non-hydrogen) atoms. The number of rotatable bonds is 7. The molecule has 2 aliphatic rings. The molecule has 5 rings (SSSR count). The molecule has 0 spiro atoms. The van der Waals surface area contributed by atoms with Crippen LogP contribution >= 0.6 is 0 Å². The smallest absolute Gasteiger partial charge is 0.239 e. The molecule has 10 atom stereocenters. The highest BCUT2D eigenvalue weighted by Gasteiger charge is 2.51. The average Bonchev–Trinajstić information content (AvgIpc) is 2.97. The van der Waals surface area contributed by atoms with Crippen molar-refractivity contribution in [2.45, 2.75) is 68.3 Å². The van der Waals surface area contributed by atoms with Gasteiger partial charge in [-0.3, -0.25) is 4.79 Å². The maximum absolute atomic E-state index is 13.8. The largest absolute Gasteiger partial charge is 0.508 e. The van der Waals surface area contributed by atoms with Crippen molar-refractivity contribution in [1.82, 2.24) is 0 Å². The Balaban J connectivity index is 1.65. The van der Waals surface area contributed by atoms with Gasteiger partial charge in [-0.25, -0.2) is 0 Å². The second-order valence-electron chi connectivity index (χ2n) is 10.6. The van der Waals surface area contributed by atoms with E-state index in [0.29, 0.717) is 0 Å². The Hall–Kier alpha value is -3.91. The number of aliphatic hydroxyl groups is 6. The van der Waals surface area contributed by atoms with E-state index in [1.54, 1.807) is 0 Å². The molecule has 246 valence electrons. The summed E-state index contributed by atoms with van der Waals surface area (Å²) in [4.78, 5) is 13.8. The lowest BCUT2D eigenvalue weighted by atomic mass is 9.96. The van der Waals surface area contributed by atoms with Gasteiger partial charge in [0.15, 0.2) is 23.5 Å². The second kappa shape index (κ2) is 12.5. The molecule has 0 amide bonds. The van der Waals surface area contributed by atoms with E-state index in [1.807, 2.05) is 0 Å². The molecule has 3 aromatic rings. The lowest BCUT2D eigenvalue weighted by Gasteiger charge is -2.46. The fourth-order valence-electron chi connectivity index (χ4n) is 5.31. The summed E-state index contributed by atoms with van der Waals surface area (Å²) in [6.07, 6.45) is -16.8. The summed E-state index contributed by atoms with van der Waals surface area (Å²) in [7, 11) is 1.18.